The molecule has 2 rings (SSSR count). The number of halogens is 6. The predicted molar refractivity (Wildman–Crippen MR) is 106 cm³/mol. The van der Waals surface area contributed by atoms with E-state index in [9.17, 15) is 31.1 Å². The van der Waals surface area contributed by atoms with Crippen LogP contribution in [0.5, 0.6) is 0 Å². The Kier molecular flexibility index (Phi) is 7.28. The molecule has 0 radical (unpaired) electrons. The number of aliphatic imine (C=N–C) groups is 2. The number of nitrogens with zero attached hydrogens (tertiary/aromatic N) is 4. The number of carbonyl (C=O) groups is 1. The standard InChI is InChI=1S/C20H15F6N5O/c1-3-16(11-4-13(19(21,22)23)6-14(5-11)20(24,25)26)31-17(28-2)7-15(18(27)32)12-8-29-10-30-9-12/h3-10H,1H2,2H3,(H2,27,32)/b15-7+,28-17-,31-16+. The summed E-state index contributed by atoms with van der Waals surface area (Å²) in [6.07, 6.45) is -4.24. The van der Waals surface area contributed by atoms with E-state index in [1.807, 2.05) is 0 Å². The van der Waals surface area contributed by atoms with Gasteiger partial charge in [-0.25, -0.2) is 15.0 Å². The third kappa shape index (κ3) is 6.09. The second-order valence-corrected chi connectivity index (χ2v) is 6.13. The maximum Gasteiger partial charge on any atom is 0.416 e. The first-order valence-electron chi connectivity index (χ1n) is 8.61. The number of allylic oxidation sites excluding steroid dienone is 1. The van der Waals surface area contributed by atoms with Crippen LogP contribution in [0.4, 0.5) is 26.3 Å². The van der Waals surface area contributed by atoms with Crippen LogP contribution in [0.2, 0.25) is 0 Å². The molecule has 1 amide bonds. The molecule has 0 aliphatic rings. The van der Waals surface area contributed by atoms with Crippen LogP contribution in [-0.4, -0.2) is 34.5 Å². The first-order chi connectivity index (χ1) is 14.9. The van der Waals surface area contributed by atoms with E-state index in [2.05, 4.69) is 26.5 Å². The summed E-state index contributed by atoms with van der Waals surface area (Å²) in [6, 6.07) is 1.01. The van der Waals surface area contributed by atoms with Gasteiger partial charge < -0.3 is 5.73 Å². The largest absolute Gasteiger partial charge is 0.416 e. The molecule has 0 bridgehead atoms. The second kappa shape index (κ2) is 9.54. The zero-order chi connectivity index (χ0) is 24.1. The first kappa shape index (κ1) is 24.4. The molecule has 1 aromatic carbocycles. The number of primary amides is 1. The summed E-state index contributed by atoms with van der Waals surface area (Å²) in [5.41, 5.74) is 1.56. The van der Waals surface area contributed by atoms with Crippen molar-refractivity contribution in [1.82, 2.24) is 9.97 Å². The number of aromatic nitrogens is 2. The second-order valence-electron chi connectivity index (χ2n) is 6.13. The summed E-state index contributed by atoms with van der Waals surface area (Å²) < 4.78 is 78.9. The minimum Gasteiger partial charge on any atom is -0.366 e. The molecule has 0 fully saturated rings. The van der Waals surface area contributed by atoms with E-state index in [0.29, 0.717) is 12.1 Å². The molecule has 12 heteroatoms. The van der Waals surface area contributed by atoms with Gasteiger partial charge in [-0.05, 0) is 30.4 Å². The van der Waals surface area contributed by atoms with E-state index < -0.39 is 35.0 Å². The Bertz CT molecular complexity index is 1070. The Morgan fingerprint density at radius 2 is 1.53 bits per heavy atom. The van der Waals surface area contributed by atoms with Crippen LogP contribution in [0.3, 0.4) is 0 Å². The lowest BCUT2D eigenvalue weighted by Gasteiger charge is -2.14. The molecule has 0 spiro atoms. The van der Waals surface area contributed by atoms with Crippen LogP contribution < -0.4 is 5.73 Å². The van der Waals surface area contributed by atoms with Crippen molar-refractivity contribution in [1.29, 1.82) is 0 Å². The highest BCUT2D eigenvalue weighted by Crippen LogP contribution is 2.36. The molecule has 32 heavy (non-hydrogen) atoms. The molecule has 0 saturated carbocycles. The Labute approximate surface area is 177 Å². The van der Waals surface area contributed by atoms with Gasteiger partial charge in [0.25, 0.3) is 0 Å². The zero-order valence-electron chi connectivity index (χ0n) is 16.4. The summed E-state index contributed by atoms with van der Waals surface area (Å²) >= 11 is 0. The summed E-state index contributed by atoms with van der Waals surface area (Å²) in [4.78, 5) is 27.1. The van der Waals surface area contributed by atoms with Gasteiger partial charge in [-0.2, -0.15) is 26.3 Å². The molecule has 6 nitrogen and oxygen atoms in total. The number of rotatable bonds is 5. The molecule has 2 N–H and O–H groups in total. The molecular weight excluding hydrogens is 440 g/mol. The minimum absolute atomic E-state index is 0.000466. The van der Waals surface area contributed by atoms with Crippen LogP contribution >= 0.6 is 0 Å². The number of hydrogen-bond acceptors (Lipinski definition) is 4. The van der Waals surface area contributed by atoms with Gasteiger partial charge in [0.2, 0.25) is 5.91 Å². The summed E-state index contributed by atoms with van der Waals surface area (Å²) in [5.74, 6) is -1.13. The lowest BCUT2D eigenvalue weighted by molar-refractivity contribution is -0.143. The van der Waals surface area contributed by atoms with Gasteiger partial charge in [-0.1, -0.05) is 6.58 Å². The Morgan fingerprint density at radius 3 is 1.94 bits per heavy atom. The highest BCUT2D eigenvalue weighted by atomic mass is 19.4. The number of hydrogen-bond donors (Lipinski definition) is 1. The van der Waals surface area contributed by atoms with Gasteiger partial charge >= 0.3 is 12.4 Å². The number of alkyl halides is 6. The van der Waals surface area contributed by atoms with Crippen molar-refractivity contribution in [2.24, 2.45) is 15.7 Å². The third-order valence-electron chi connectivity index (χ3n) is 3.95. The van der Waals surface area contributed by atoms with Crippen molar-refractivity contribution in [3.8, 4) is 0 Å². The Balaban J connectivity index is 2.65. The van der Waals surface area contributed by atoms with E-state index in [4.69, 9.17) is 5.73 Å². The van der Waals surface area contributed by atoms with Crippen molar-refractivity contribution >= 4 is 23.0 Å². The molecule has 2 aromatic rings. The quantitative estimate of drug-likeness (QED) is 0.319. The lowest BCUT2D eigenvalue weighted by Crippen LogP contribution is -2.15. The highest BCUT2D eigenvalue weighted by molar-refractivity contribution is 6.25. The summed E-state index contributed by atoms with van der Waals surface area (Å²) in [6.45, 7) is 3.40. The van der Waals surface area contributed by atoms with Gasteiger partial charge in [-0.15, -0.1) is 0 Å². The topological polar surface area (TPSA) is 93.6 Å². The van der Waals surface area contributed by atoms with Crippen LogP contribution in [0, 0.1) is 0 Å². The number of benzene rings is 1. The fraction of sp³-hybridized carbons (Fsp3) is 0.150. The lowest BCUT2D eigenvalue weighted by atomic mass is 10.0. The zero-order valence-corrected chi connectivity index (χ0v) is 16.4. The highest BCUT2D eigenvalue weighted by Gasteiger charge is 2.37. The SMILES string of the molecule is C=C\C(=N/C(/C=C(/C(N)=O)c1cncnc1)=N\C)c1cc(C(F)(F)F)cc(C(F)(F)F)c1. The predicted octanol–water partition coefficient (Wildman–Crippen LogP) is 4.09. The average Bonchev–Trinajstić information content (AvgIpc) is 2.73. The summed E-state index contributed by atoms with van der Waals surface area (Å²) in [5, 5.41) is 0. The van der Waals surface area contributed by atoms with Crippen LogP contribution in [-0.2, 0) is 17.1 Å². The van der Waals surface area contributed by atoms with Gasteiger partial charge in [0.1, 0.15) is 12.2 Å². The van der Waals surface area contributed by atoms with Gasteiger partial charge in [0.15, 0.2) is 0 Å². The maximum atomic E-state index is 13.2. The minimum atomic E-state index is -5.03. The van der Waals surface area contributed by atoms with Crippen molar-refractivity contribution in [2.45, 2.75) is 12.4 Å². The normalized spacial score (nSPS) is 13.8. The van der Waals surface area contributed by atoms with Crippen LogP contribution in [0.25, 0.3) is 5.57 Å². The first-order valence-corrected chi connectivity index (χ1v) is 8.61. The van der Waals surface area contributed by atoms with Crippen LogP contribution in [0.15, 0.2) is 65.6 Å². The van der Waals surface area contributed by atoms with E-state index in [1.54, 1.807) is 0 Å². The molecule has 0 aliphatic heterocycles. The number of nitrogens with two attached hydrogens (primary N) is 1. The molecule has 0 unspecified atom stereocenters. The Hall–Kier alpha value is -3.83. The molecule has 0 aliphatic carbocycles. The van der Waals surface area contributed by atoms with Crippen molar-refractivity contribution in [3.63, 3.8) is 0 Å². The van der Waals surface area contributed by atoms with Crippen molar-refractivity contribution in [2.75, 3.05) is 7.05 Å². The van der Waals surface area contributed by atoms with Crippen LogP contribution in [0.1, 0.15) is 22.3 Å². The van der Waals surface area contributed by atoms with Gasteiger partial charge in [0, 0.05) is 30.6 Å². The molecule has 168 valence electrons. The molecule has 1 heterocycles. The summed E-state index contributed by atoms with van der Waals surface area (Å²) in [7, 11) is 1.25. The van der Waals surface area contributed by atoms with E-state index in [0.717, 1.165) is 12.2 Å². The van der Waals surface area contributed by atoms with Crippen molar-refractivity contribution in [3.05, 3.63) is 77.9 Å². The molecule has 0 saturated heterocycles. The molecule has 0 atom stereocenters. The fourth-order valence-electron chi connectivity index (χ4n) is 2.47. The van der Waals surface area contributed by atoms with Gasteiger partial charge in [0.05, 0.1) is 22.4 Å². The number of amides is 1. The van der Waals surface area contributed by atoms with E-state index >= 15 is 0 Å². The monoisotopic (exact) mass is 455 g/mol. The average molecular weight is 455 g/mol. The molecular formula is C20H15F6N5O. The number of amidine groups is 1. The molecule has 1 aromatic heterocycles. The van der Waals surface area contributed by atoms with E-state index in [-0.39, 0.29) is 28.8 Å². The third-order valence-corrected chi connectivity index (χ3v) is 3.95. The van der Waals surface area contributed by atoms with Crippen molar-refractivity contribution < 1.29 is 31.1 Å². The fourth-order valence-corrected chi connectivity index (χ4v) is 2.47. The number of carbonyl (C=O) groups excluding carboxylic acids is 1. The Morgan fingerprint density at radius 1 is 1.00 bits per heavy atom. The smallest absolute Gasteiger partial charge is 0.366 e. The van der Waals surface area contributed by atoms with E-state index in [1.165, 1.54) is 25.8 Å². The maximum absolute atomic E-state index is 13.2. The van der Waals surface area contributed by atoms with Gasteiger partial charge in [-0.3, -0.25) is 9.79 Å².